The van der Waals surface area contributed by atoms with E-state index in [9.17, 15) is 9.59 Å². The predicted octanol–water partition coefficient (Wildman–Crippen LogP) is 2.67. The van der Waals surface area contributed by atoms with Gasteiger partial charge in [0.25, 0.3) is 5.91 Å². The Bertz CT molecular complexity index is 1490. The Morgan fingerprint density at radius 2 is 2.03 bits per heavy atom. The standard InChI is InChI=1S/C27H26N8O3/c1-29-24(20(14-28)26(37)35-12-13-38-17-22(35)19-8-5-10-30-15-19)25(36)32-23-9-11-34-16-21(31-27(34)33-23)18-6-3-2-4-7-18/h2-11,14-16,20,22,28H,12-13,17H2,1H3,(H,31,32,33,36). The Hall–Kier alpha value is -4.77. The van der Waals surface area contributed by atoms with Crippen LogP contribution in [0, 0.1) is 11.3 Å². The summed E-state index contributed by atoms with van der Waals surface area (Å²) < 4.78 is 7.36. The molecule has 1 saturated heterocycles. The predicted molar refractivity (Wildman–Crippen MR) is 142 cm³/mol. The second-order valence-corrected chi connectivity index (χ2v) is 8.63. The van der Waals surface area contributed by atoms with Crippen LogP contribution in [0.5, 0.6) is 0 Å². The molecule has 0 bridgehead atoms. The van der Waals surface area contributed by atoms with Crippen LogP contribution in [0.1, 0.15) is 11.6 Å². The zero-order chi connectivity index (χ0) is 26.5. The molecule has 11 heteroatoms. The molecular formula is C27H26N8O3. The maximum Gasteiger partial charge on any atom is 0.271 e. The number of amides is 2. The molecule has 11 nitrogen and oxygen atoms in total. The number of hydrogen-bond acceptors (Lipinski definition) is 8. The van der Waals surface area contributed by atoms with Gasteiger partial charge >= 0.3 is 0 Å². The zero-order valence-electron chi connectivity index (χ0n) is 20.7. The molecule has 0 spiro atoms. The first-order chi connectivity index (χ1) is 18.6. The lowest BCUT2D eigenvalue weighted by atomic mass is 9.98. The first-order valence-corrected chi connectivity index (χ1v) is 12.1. The molecule has 0 radical (unpaired) electrons. The van der Waals surface area contributed by atoms with E-state index >= 15 is 0 Å². The summed E-state index contributed by atoms with van der Waals surface area (Å²) in [5, 5.41) is 10.7. The lowest BCUT2D eigenvalue weighted by Crippen LogP contribution is -2.49. The van der Waals surface area contributed by atoms with E-state index in [1.54, 1.807) is 40.0 Å². The lowest BCUT2D eigenvalue weighted by Gasteiger charge is -2.37. The molecule has 192 valence electrons. The number of aliphatic imine (C=N–C) groups is 1. The monoisotopic (exact) mass is 510 g/mol. The number of imidazole rings is 1. The maximum atomic E-state index is 13.6. The Labute approximate surface area is 218 Å². The minimum Gasteiger partial charge on any atom is -0.377 e. The average molecular weight is 511 g/mol. The number of hydrogen-bond donors (Lipinski definition) is 2. The summed E-state index contributed by atoms with van der Waals surface area (Å²) in [6.45, 7) is 0.979. The molecule has 0 aliphatic carbocycles. The van der Waals surface area contributed by atoms with Crippen molar-refractivity contribution in [2.75, 3.05) is 32.1 Å². The number of fused-ring (bicyclic) bond motifs is 1. The molecule has 38 heavy (non-hydrogen) atoms. The van der Waals surface area contributed by atoms with E-state index < -0.39 is 17.7 Å². The van der Waals surface area contributed by atoms with E-state index in [0.717, 1.165) is 23.0 Å². The number of rotatable bonds is 7. The SMILES string of the molecule is CN=C(C(=O)Nc1ccn2cc(-c3ccccc3)nc2n1)C(C=N)C(=O)N1CCOCC1c1cccnc1. The highest BCUT2D eigenvalue weighted by molar-refractivity contribution is 6.49. The second kappa shape index (κ2) is 11.1. The number of carbonyl (C=O) groups is 2. The molecule has 1 aliphatic heterocycles. The van der Waals surface area contributed by atoms with Crippen molar-refractivity contribution < 1.29 is 14.3 Å². The Morgan fingerprint density at radius 3 is 2.76 bits per heavy atom. The van der Waals surface area contributed by atoms with E-state index in [1.165, 1.54) is 7.05 Å². The topological polar surface area (TPSA) is 138 Å². The van der Waals surface area contributed by atoms with Crippen molar-refractivity contribution >= 4 is 35.3 Å². The van der Waals surface area contributed by atoms with Gasteiger partial charge in [-0.25, -0.2) is 4.98 Å². The molecule has 4 heterocycles. The molecule has 1 aromatic carbocycles. The molecular weight excluding hydrogens is 484 g/mol. The van der Waals surface area contributed by atoms with Gasteiger partial charge in [0.1, 0.15) is 17.4 Å². The van der Waals surface area contributed by atoms with Crippen molar-refractivity contribution in [3.8, 4) is 11.3 Å². The quantitative estimate of drug-likeness (QED) is 0.367. The molecule has 1 aliphatic rings. The van der Waals surface area contributed by atoms with E-state index in [1.807, 2.05) is 42.6 Å². The summed E-state index contributed by atoms with van der Waals surface area (Å²) >= 11 is 0. The minimum absolute atomic E-state index is 0.0866. The van der Waals surface area contributed by atoms with Crippen LogP contribution in [0.25, 0.3) is 17.0 Å². The van der Waals surface area contributed by atoms with Crippen LogP contribution in [-0.2, 0) is 14.3 Å². The molecule has 3 aromatic heterocycles. The number of ether oxygens (including phenoxy) is 1. The number of aromatic nitrogens is 4. The van der Waals surface area contributed by atoms with E-state index in [4.69, 9.17) is 10.1 Å². The first kappa shape index (κ1) is 24.9. The fourth-order valence-electron chi connectivity index (χ4n) is 4.41. The second-order valence-electron chi connectivity index (χ2n) is 8.63. The maximum absolute atomic E-state index is 13.6. The fourth-order valence-corrected chi connectivity index (χ4v) is 4.41. The summed E-state index contributed by atoms with van der Waals surface area (Å²) in [7, 11) is 1.42. The van der Waals surface area contributed by atoms with Gasteiger partial charge in [-0.3, -0.25) is 24.0 Å². The van der Waals surface area contributed by atoms with Crippen molar-refractivity contribution in [2.45, 2.75) is 6.04 Å². The number of pyridine rings is 1. The summed E-state index contributed by atoms with van der Waals surface area (Å²) in [5.74, 6) is -1.53. The van der Waals surface area contributed by atoms with Gasteiger partial charge < -0.3 is 20.4 Å². The largest absolute Gasteiger partial charge is 0.377 e. The highest BCUT2D eigenvalue weighted by Gasteiger charge is 2.36. The lowest BCUT2D eigenvalue weighted by molar-refractivity contribution is -0.140. The summed E-state index contributed by atoms with van der Waals surface area (Å²) in [6.07, 6.45) is 7.88. The number of carbonyl (C=O) groups excluding carboxylic acids is 2. The van der Waals surface area contributed by atoms with Crippen LogP contribution >= 0.6 is 0 Å². The highest BCUT2D eigenvalue weighted by Crippen LogP contribution is 2.26. The fraction of sp³-hybridized carbons (Fsp3) is 0.222. The smallest absolute Gasteiger partial charge is 0.271 e. The zero-order valence-corrected chi connectivity index (χ0v) is 20.7. The molecule has 2 amide bonds. The van der Waals surface area contributed by atoms with Gasteiger partial charge in [-0.05, 0) is 17.7 Å². The van der Waals surface area contributed by atoms with Gasteiger partial charge in [-0.2, -0.15) is 4.98 Å². The van der Waals surface area contributed by atoms with Gasteiger partial charge in [0, 0.05) is 50.2 Å². The van der Waals surface area contributed by atoms with Gasteiger partial charge in [0.15, 0.2) is 0 Å². The molecule has 5 rings (SSSR count). The third-order valence-corrected chi connectivity index (χ3v) is 6.32. The van der Waals surface area contributed by atoms with Crippen molar-refractivity contribution in [3.05, 3.63) is 78.9 Å². The number of benzene rings is 1. The number of nitrogens with one attached hydrogen (secondary N) is 2. The Morgan fingerprint density at radius 1 is 1.18 bits per heavy atom. The van der Waals surface area contributed by atoms with Crippen LogP contribution in [-0.4, -0.2) is 74.8 Å². The van der Waals surface area contributed by atoms with Gasteiger partial charge in [0.2, 0.25) is 11.7 Å². The van der Waals surface area contributed by atoms with Crippen molar-refractivity contribution in [2.24, 2.45) is 10.9 Å². The minimum atomic E-state index is -1.17. The van der Waals surface area contributed by atoms with Gasteiger partial charge in [0.05, 0.1) is 24.9 Å². The normalized spacial score (nSPS) is 16.7. The van der Waals surface area contributed by atoms with Crippen LogP contribution in [0.15, 0.2) is 78.3 Å². The van der Waals surface area contributed by atoms with E-state index in [0.29, 0.717) is 25.5 Å². The van der Waals surface area contributed by atoms with Crippen LogP contribution in [0.4, 0.5) is 5.82 Å². The molecule has 2 N–H and O–H groups in total. The third kappa shape index (κ3) is 5.04. The van der Waals surface area contributed by atoms with E-state index in [-0.39, 0.29) is 17.6 Å². The summed E-state index contributed by atoms with van der Waals surface area (Å²) in [6, 6.07) is 14.6. The van der Waals surface area contributed by atoms with Crippen LogP contribution < -0.4 is 5.32 Å². The molecule has 4 aromatic rings. The van der Waals surface area contributed by atoms with Gasteiger partial charge in [-0.15, -0.1) is 0 Å². The third-order valence-electron chi connectivity index (χ3n) is 6.32. The number of morpholine rings is 1. The van der Waals surface area contributed by atoms with Crippen LogP contribution in [0.2, 0.25) is 0 Å². The van der Waals surface area contributed by atoms with E-state index in [2.05, 4.69) is 25.3 Å². The number of anilines is 1. The summed E-state index contributed by atoms with van der Waals surface area (Å²) in [5.41, 5.74) is 2.43. The first-order valence-electron chi connectivity index (χ1n) is 12.1. The van der Waals surface area contributed by atoms with Crippen molar-refractivity contribution in [3.63, 3.8) is 0 Å². The van der Waals surface area contributed by atoms with Crippen molar-refractivity contribution in [1.82, 2.24) is 24.3 Å². The van der Waals surface area contributed by atoms with Crippen molar-refractivity contribution in [1.29, 1.82) is 5.41 Å². The average Bonchev–Trinajstić information content (AvgIpc) is 3.40. The Balaban J connectivity index is 1.35. The van der Waals surface area contributed by atoms with Crippen LogP contribution in [0.3, 0.4) is 0 Å². The molecule has 0 saturated carbocycles. The highest BCUT2D eigenvalue weighted by atomic mass is 16.5. The molecule has 2 atom stereocenters. The molecule has 2 unspecified atom stereocenters. The van der Waals surface area contributed by atoms with Gasteiger partial charge in [-0.1, -0.05) is 36.4 Å². The Kier molecular flexibility index (Phi) is 7.27. The number of nitrogens with zero attached hydrogens (tertiary/aromatic N) is 6. The molecule has 1 fully saturated rings. The summed E-state index contributed by atoms with van der Waals surface area (Å²) in [4.78, 5) is 45.7.